The minimum absolute atomic E-state index is 0.0262. The van der Waals surface area contributed by atoms with Gasteiger partial charge in [-0.05, 0) is 48.4 Å². The SMILES string of the molecule is Cc1ccc(-c2ccc(F)cc2)c(S(=O)(=O)c2cc3ccccc3oc2=O)c1. The molecule has 0 unspecified atom stereocenters. The van der Waals surface area contributed by atoms with Crippen molar-refractivity contribution in [2.24, 2.45) is 0 Å². The van der Waals surface area contributed by atoms with Gasteiger partial charge >= 0.3 is 5.63 Å². The summed E-state index contributed by atoms with van der Waals surface area (Å²) in [7, 11) is -4.17. The van der Waals surface area contributed by atoms with E-state index >= 15 is 0 Å². The molecule has 0 aliphatic heterocycles. The summed E-state index contributed by atoms with van der Waals surface area (Å²) in [6.07, 6.45) is 0. The van der Waals surface area contributed by atoms with Gasteiger partial charge in [0, 0.05) is 10.9 Å². The average Bonchev–Trinajstić information content (AvgIpc) is 2.68. The maximum Gasteiger partial charge on any atom is 0.355 e. The second kappa shape index (κ2) is 6.73. The maximum absolute atomic E-state index is 13.4. The number of halogens is 1. The van der Waals surface area contributed by atoms with Crippen LogP contribution in [0.2, 0.25) is 0 Å². The molecule has 28 heavy (non-hydrogen) atoms. The van der Waals surface area contributed by atoms with Crippen molar-refractivity contribution in [2.45, 2.75) is 16.7 Å². The molecular formula is C22H15FO4S. The lowest BCUT2D eigenvalue weighted by Gasteiger charge is -2.12. The molecule has 0 aliphatic carbocycles. The molecule has 4 nitrogen and oxygen atoms in total. The summed E-state index contributed by atoms with van der Waals surface area (Å²) in [5.74, 6) is -0.421. The molecule has 3 aromatic carbocycles. The van der Waals surface area contributed by atoms with Crippen LogP contribution in [-0.4, -0.2) is 8.42 Å². The van der Waals surface area contributed by atoms with Gasteiger partial charge in [-0.2, -0.15) is 0 Å². The third-order valence-corrected chi connectivity index (χ3v) is 6.26. The molecule has 0 saturated carbocycles. The van der Waals surface area contributed by atoms with Crippen LogP contribution in [0.5, 0.6) is 0 Å². The van der Waals surface area contributed by atoms with Crippen molar-refractivity contribution in [1.82, 2.24) is 0 Å². The number of sulfone groups is 1. The minimum atomic E-state index is -4.17. The van der Waals surface area contributed by atoms with Gasteiger partial charge in [0.15, 0.2) is 4.90 Å². The van der Waals surface area contributed by atoms with Crippen LogP contribution in [0.4, 0.5) is 4.39 Å². The molecule has 0 spiro atoms. The van der Waals surface area contributed by atoms with Crippen LogP contribution in [-0.2, 0) is 9.84 Å². The summed E-state index contributed by atoms with van der Waals surface area (Å²) in [5.41, 5.74) is 1.03. The summed E-state index contributed by atoms with van der Waals surface area (Å²) >= 11 is 0. The van der Waals surface area contributed by atoms with Crippen LogP contribution in [0.1, 0.15) is 5.56 Å². The molecule has 0 radical (unpaired) electrons. The summed E-state index contributed by atoms with van der Waals surface area (Å²) in [6, 6.07) is 18.5. The van der Waals surface area contributed by atoms with Crippen LogP contribution < -0.4 is 5.63 Å². The highest BCUT2D eigenvalue weighted by Gasteiger charge is 2.26. The highest BCUT2D eigenvalue weighted by atomic mass is 32.2. The van der Waals surface area contributed by atoms with E-state index in [2.05, 4.69) is 0 Å². The number of benzene rings is 3. The monoisotopic (exact) mass is 394 g/mol. The molecule has 1 aromatic heterocycles. The summed E-state index contributed by atoms with van der Waals surface area (Å²) in [5, 5.41) is 0.511. The second-order valence-electron chi connectivity index (χ2n) is 6.45. The van der Waals surface area contributed by atoms with E-state index in [1.807, 2.05) is 0 Å². The smallest absolute Gasteiger partial charge is 0.355 e. The number of hydrogen-bond donors (Lipinski definition) is 0. The van der Waals surface area contributed by atoms with Crippen molar-refractivity contribution in [3.8, 4) is 11.1 Å². The van der Waals surface area contributed by atoms with Gasteiger partial charge in [0.2, 0.25) is 9.84 Å². The Labute approximate surface area is 160 Å². The average molecular weight is 394 g/mol. The molecule has 0 aliphatic rings. The first-order chi connectivity index (χ1) is 13.4. The fraction of sp³-hybridized carbons (Fsp3) is 0.0455. The van der Waals surface area contributed by atoms with Crippen molar-refractivity contribution in [2.75, 3.05) is 0 Å². The summed E-state index contributed by atoms with van der Waals surface area (Å²) in [4.78, 5) is 12.0. The predicted octanol–water partition coefficient (Wildman–Crippen LogP) is 4.74. The highest BCUT2D eigenvalue weighted by molar-refractivity contribution is 7.91. The zero-order valence-electron chi connectivity index (χ0n) is 14.8. The van der Waals surface area contributed by atoms with Crippen LogP contribution in [0.3, 0.4) is 0 Å². The third kappa shape index (κ3) is 3.12. The Morgan fingerprint density at radius 2 is 1.57 bits per heavy atom. The Hall–Kier alpha value is -3.25. The lowest BCUT2D eigenvalue weighted by molar-refractivity contribution is 0.532. The predicted molar refractivity (Wildman–Crippen MR) is 105 cm³/mol. The van der Waals surface area contributed by atoms with Crippen LogP contribution in [0.15, 0.2) is 91.8 Å². The molecule has 4 aromatic rings. The van der Waals surface area contributed by atoms with Crippen molar-refractivity contribution >= 4 is 20.8 Å². The van der Waals surface area contributed by atoms with Gasteiger partial charge in [0.25, 0.3) is 0 Å². The molecular weight excluding hydrogens is 379 g/mol. The molecule has 6 heteroatoms. The molecule has 4 rings (SSSR count). The van der Waals surface area contributed by atoms with E-state index in [1.165, 1.54) is 36.4 Å². The van der Waals surface area contributed by atoms with Gasteiger partial charge in [0.1, 0.15) is 11.4 Å². The lowest BCUT2D eigenvalue weighted by atomic mass is 10.0. The second-order valence-corrected chi connectivity index (χ2v) is 8.33. The first-order valence-electron chi connectivity index (χ1n) is 8.51. The first-order valence-corrected chi connectivity index (χ1v) is 9.99. The van der Waals surface area contributed by atoms with Crippen molar-refractivity contribution < 1.29 is 17.2 Å². The fourth-order valence-electron chi connectivity index (χ4n) is 3.07. The van der Waals surface area contributed by atoms with Crippen molar-refractivity contribution in [1.29, 1.82) is 0 Å². The van der Waals surface area contributed by atoms with E-state index in [1.54, 1.807) is 43.3 Å². The third-order valence-electron chi connectivity index (χ3n) is 4.48. The van der Waals surface area contributed by atoms with E-state index < -0.39 is 26.2 Å². The fourth-order valence-corrected chi connectivity index (χ4v) is 4.67. The molecule has 0 amide bonds. The first kappa shape index (κ1) is 18.1. The summed E-state index contributed by atoms with van der Waals surface area (Å²) < 4.78 is 45.3. The van der Waals surface area contributed by atoms with Gasteiger partial charge in [-0.25, -0.2) is 17.6 Å². The standard InChI is InChI=1S/C22H15FO4S/c1-14-6-11-18(15-7-9-17(23)10-8-15)20(12-14)28(25,26)21-13-16-4-2-3-5-19(16)27-22(21)24/h2-13H,1H3. The molecule has 0 N–H and O–H groups in total. The van der Waals surface area contributed by atoms with Crippen LogP contribution >= 0.6 is 0 Å². The lowest BCUT2D eigenvalue weighted by Crippen LogP contribution is -2.15. The molecule has 0 fully saturated rings. The molecule has 140 valence electrons. The molecule has 0 bridgehead atoms. The van der Waals surface area contributed by atoms with E-state index in [0.29, 0.717) is 22.1 Å². The number of fused-ring (bicyclic) bond motifs is 1. The van der Waals surface area contributed by atoms with Gasteiger partial charge in [-0.1, -0.05) is 42.5 Å². The van der Waals surface area contributed by atoms with E-state index in [4.69, 9.17) is 4.42 Å². The van der Waals surface area contributed by atoms with Crippen LogP contribution in [0.25, 0.3) is 22.1 Å². The minimum Gasteiger partial charge on any atom is -0.422 e. The van der Waals surface area contributed by atoms with Gasteiger partial charge in [0.05, 0.1) is 4.90 Å². The van der Waals surface area contributed by atoms with Crippen molar-refractivity contribution in [3.05, 3.63) is 94.6 Å². The topological polar surface area (TPSA) is 64.3 Å². The Morgan fingerprint density at radius 3 is 2.32 bits per heavy atom. The molecule has 0 saturated heterocycles. The quantitative estimate of drug-likeness (QED) is 0.471. The maximum atomic E-state index is 13.4. The normalized spacial score (nSPS) is 11.6. The van der Waals surface area contributed by atoms with Gasteiger partial charge in [-0.3, -0.25) is 0 Å². The summed E-state index contributed by atoms with van der Waals surface area (Å²) in [6.45, 7) is 1.76. The number of aryl methyl sites for hydroxylation is 1. The Balaban J connectivity index is 1.98. The molecule has 1 heterocycles. The zero-order chi connectivity index (χ0) is 19.9. The van der Waals surface area contributed by atoms with E-state index in [-0.39, 0.29) is 4.90 Å². The van der Waals surface area contributed by atoms with Crippen molar-refractivity contribution in [3.63, 3.8) is 0 Å². The van der Waals surface area contributed by atoms with E-state index in [0.717, 1.165) is 5.56 Å². The van der Waals surface area contributed by atoms with Crippen LogP contribution in [0, 0.1) is 12.7 Å². The zero-order valence-corrected chi connectivity index (χ0v) is 15.7. The van der Waals surface area contributed by atoms with Gasteiger partial charge in [-0.15, -0.1) is 0 Å². The number of hydrogen-bond acceptors (Lipinski definition) is 4. The van der Waals surface area contributed by atoms with Gasteiger partial charge < -0.3 is 4.42 Å². The van der Waals surface area contributed by atoms with E-state index in [9.17, 15) is 17.6 Å². The Kier molecular flexibility index (Phi) is 4.35. The largest absolute Gasteiger partial charge is 0.422 e. The Morgan fingerprint density at radius 1 is 0.857 bits per heavy atom. The highest BCUT2D eigenvalue weighted by Crippen LogP contribution is 2.32. The number of para-hydroxylation sites is 1. The Bertz CT molecular complexity index is 1350. The molecule has 0 atom stereocenters. The number of rotatable bonds is 3.